The summed E-state index contributed by atoms with van der Waals surface area (Å²) in [5.74, 6) is 0.297. The summed E-state index contributed by atoms with van der Waals surface area (Å²) in [6, 6.07) is 8.12. The molecule has 0 heterocycles. The monoisotopic (exact) mass is 243 g/mol. The first-order valence-electron chi connectivity index (χ1n) is 6.38. The molecule has 0 saturated carbocycles. The number of benzene rings is 1. The fourth-order valence-electron chi connectivity index (χ4n) is 2.43. The van der Waals surface area contributed by atoms with E-state index in [9.17, 15) is 5.11 Å². The van der Waals surface area contributed by atoms with Crippen LogP contribution in [-0.2, 0) is 0 Å². The van der Waals surface area contributed by atoms with Gasteiger partial charge in [-0.2, -0.15) is 0 Å². The predicted molar refractivity (Wildman–Crippen MR) is 75.6 cm³/mol. The molecule has 0 saturated heterocycles. The minimum Gasteiger partial charge on any atom is -0.389 e. The number of aliphatic hydroxyl groups is 1. The molecule has 0 amide bonds. The van der Waals surface area contributed by atoms with Crippen molar-refractivity contribution < 1.29 is 5.11 Å². The molecule has 1 aliphatic carbocycles. The molecule has 0 radical (unpaired) electrons. The summed E-state index contributed by atoms with van der Waals surface area (Å²) in [4.78, 5) is 2.17. The molecule has 0 aromatic heterocycles. The molecule has 18 heavy (non-hydrogen) atoms. The van der Waals surface area contributed by atoms with Gasteiger partial charge in [-0.1, -0.05) is 42.5 Å². The average molecular weight is 243 g/mol. The molecular weight excluding hydrogens is 222 g/mol. The summed E-state index contributed by atoms with van der Waals surface area (Å²) < 4.78 is 0. The predicted octanol–water partition coefficient (Wildman–Crippen LogP) is 2.88. The summed E-state index contributed by atoms with van der Waals surface area (Å²) in [6.45, 7) is 2.78. The quantitative estimate of drug-likeness (QED) is 0.879. The van der Waals surface area contributed by atoms with Gasteiger partial charge in [0.2, 0.25) is 0 Å². The van der Waals surface area contributed by atoms with Crippen molar-refractivity contribution in [2.24, 2.45) is 0 Å². The maximum atomic E-state index is 9.82. The molecule has 2 rings (SSSR count). The maximum absolute atomic E-state index is 9.82. The lowest BCUT2D eigenvalue weighted by Crippen LogP contribution is -2.13. The lowest BCUT2D eigenvalue weighted by Gasteiger charge is -2.15. The second-order valence-electron chi connectivity index (χ2n) is 5.17. The third-order valence-electron chi connectivity index (χ3n) is 3.22. The Morgan fingerprint density at radius 2 is 2.00 bits per heavy atom. The van der Waals surface area contributed by atoms with Gasteiger partial charge in [0, 0.05) is 12.5 Å². The summed E-state index contributed by atoms with van der Waals surface area (Å²) >= 11 is 0. The van der Waals surface area contributed by atoms with Crippen LogP contribution < -0.4 is 0 Å². The molecule has 0 aliphatic heterocycles. The molecule has 1 aromatic carbocycles. The van der Waals surface area contributed by atoms with E-state index in [2.05, 4.69) is 43.3 Å². The van der Waals surface area contributed by atoms with Gasteiger partial charge in [0.1, 0.15) is 0 Å². The van der Waals surface area contributed by atoms with E-state index in [0.29, 0.717) is 5.92 Å². The minimum absolute atomic E-state index is 0.297. The Bertz CT molecular complexity index is 472. The van der Waals surface area contributed by atoms with Gasteiger partial charge in [-0.05, 0) is 37.7 Å². The highest BCUT2D eigenvalue weighted by Crippen LogP contribution is 2.31. The largest absolute Gasteiger partial charge is 0.389 e. The molecule has 1 aromatic rings. The maximum Gasteiger partial charge on any atom is 0.0764 e. The van der Waals surface area contributed by atoms with E-state index in [1.807, 2.05) is 25.1 Å². The van der Waals surface area contributed by atoms with E-state index in [1.165, 1.54) is 11.1 Å². The molecule has 1 N–H and O–H groups in total. The number of aliphatic hydroxyl groups excluding tert-OH is 1. The Balaban J connectivity index is 2.24. The standard InChI is InChI=1S/C16H21NO/c1-12(18)15-6-4-5-7-16(15)14-9-8-13(10-14)11-17(2)3/h4-10,12,14,18H,11H2,1-3H3. The highest BCUT2D eigenvalue weighted by Gasteiger charge is 2.17. The molecule has 0 spiro atoms. The first kappa shape index (κ1) is 13.1. The van der Waals surface area contributed by atoms with E-state index in [-0.39, 0.29) is 0 Å². The fraction of sp³-hybridized carbons (Fsp3) is 0.375. The molecule has 2 nitrogen and oxygen atoms in total. The van der Waals surface area contributed by atoms with Crippen LogP contribution in [0.5, 0.6) is 0 Å². The van der Waals surface area contributed by atoms with Gasteiger partial charge in [-0.3, -0.25) is 0 Å². The van der Waals surface area contributed by atoms with Crippen molar-refractivity contribution in [1.29, 1.82) is 0 Å². The molecule has 96 valence electrons. The fourth-order valence-corrected chi connectivity index (χ4v) is 2.43. The molecular formula is C16H21NO. The van der Waals surface area contributed by atoms with Crippen molar-refractivity contribution in [2.45, 2.75) is 18.9 Å². The van der Waals surface area contributed by atoms with Crippen LogP contribution in [0.1, 0.15) is 30.1 Å². The Kier molecular flexibility index (Phi) is 4.00. The number of hydrogen-bond donors (Lipinski definition) is 1. The van der Waals surface area contributed by atoms with Crippen LogP contribution in [0.4, 0.5) is 0 Å². The van der Waals surface area contributed by atoms with Crippen molar-refractivity contribution in [2.75, 3.05) is 20.6 Å². The van der Waals surface area contributed by atoms with Gasteiger partial charge in [0.25, 0.3) is 0 Å². The van der Waals surface area contributed by atoms with Crippen LogP contribution in [0.3, 0.4) is 0 Å². The number of likely N-dealkylation sites (N-methyl/N-ethyl adjacent to an activating group) is 1. The van der Waals surface area contributed by atoms with Crippen molar-refractivity contribution in [3.63, 3.8) is 0 Å². The van der Waals surface area contributed by atoms with Crippen LogP contribution in [-0.4, -0.2) is 30.6 Å². The van der Waals surface area contributed by atoms with Gasteiger partial charge in [0.15, 0.2) is 0 Å². The van der Waals surface area contributed by atoms with Gasteiger partial charge < -0.3 is 10.0 Å². The van der Waals surface area contributed by atoms with Crippen LogP contribution >= 0.6 is 0 Å². The van der Waals surface area contributed by atoms with Gasteiger partial charge >= 0.3 is 0 Å². The number of hydrogen-bond acceptors (Lipinski definition) is 2. The van der Waals surface area contributed by atoms with Crippen molar-refractivity contribution >= 4 is 0 Å². The number of nitrogens with zero attached hydrogens (tertiary/aromatic N) is 1. The lowest BCUT2D eigenvalue weighted by atomic mass is 9.93. The zero-order valence-corrected chi connectivity index (χ0v) is 11.3. The van der Waals surface area contributed by atoms with Crippen LogP contribution in [0.15, 0.2) is 48.1 Å². The van der Waals surface area contributed by atoms with E-state index in [0.717, 1.165) is 12.1 Å². The normalized spacial score (nSPS) is 20.3. The molecule has 0 bridgehead atoms. The van der Waals surface area contributed by atoms with E-state index >= 15 is 0 Å². The molecule has 2 heteroatoms. The van der Waals surface area contributed by atoms with Gasteiger partial charge in [0.05, 0.1) is 6.10 Å². The number of rotatable bonds is 4. The number of allylic oxidation sites excluding steroid dienone is 2. The second kappa shape index (κ2) is 5.51. The SMILES string of the molecule is CC(O)c1ccccc1C1C=CC(CN(C)C)=C1. The van der Waals surface area contributed by atoms with Gasteiger partial charge in [-0.15, -0.1) is 0 Å². The Hall–Kier alpha value is -1.38. The Labute approximate surface area is 109 Å². The first-order valence-corrected chi connectivity index (χ1v) is 6.38. The topological polar surface area (TPSA) is 23.5 Å². The third kappa shape index (κ3) is 2.89. The van der Waals surface area contributed by atoms with Crippen molar-refractivity contribution in [1.82, 2.24) is 4.90 Å². The van der Waals surface area contributed by atoms with E-state index in [4.69, 9.17) is 0 Å². The molecule has 1 aliphatic rings. The van der Waals surface area contributed by atoms with Crippen molar-refractivity contribution in [3.05, 3.63) is 59.2 Å². The second-order valence-corrected chi connectivity index (χ2v) is 5.17. The van der Waals surface area contributed by atoms with Gasteiger partial charge in [-0.25, -0.2) is 0 Å². The first-order chi connectivity index (χ1) is 8.58. The van der Waals surface area contributed by atoms with Crippen LogP contribution in [0.25, 0.3) is 0 Å². The lowest BCUT2D eigenvalue weighted by molar-refractivity contribution is 0.198. The van der Waals surface area contributed by atoms with Crippen molar-refractivity contribution in [3.8, 4) is 0 Å². The summed E-state index contributed by atoms with van der Waals surface area (Å²) in [5, 5.41) is 9.82. The summed E-state index contributed by atoms with van der Waals surface area (Å²) in [7, 11) is 4.15. The zero-order valence-electron chi connectivity index (χ0n) is 11.3. The average Bonchev–Trinajstić information content (AvgIpc) is 2.76. The van der Waals surface area contributed by atoms with Crippen LogP contribution in [0, 0.1) is 0 Å². The Morgan fingerprint density at radius 1 is 1.28 bits per heavy atom. The zero-order chi connectivity index (χ0) is 13.1. The Morgan fingerprint density at radius 3 is 2.67 bits per heavy atom. The minimum atomic E-state index is -0.416. The highest BCUT2D eigenvalue weighted by atomic mass is 16.3. The van der Waals surface area contributed by atoms with Crippen LogP contribution in [0.2, 0.25) is 0 Å². The summed E-state index contributed by atoms with van der Waals surface area (Å²) in [6.07, 6.45) is 6.26. The smallest absolute Gasteiger partial charge is 0.0764 e. The molecule has 2 atom stereocenters. The van der Waals surface area contributed by atoms with E-state index < -0.39 is 6.10 Å². The summed E-state index contributed by atoms with van der Waals surface area (Å²) in [5.41, 5.74) is 3.57. The molecule has 0 fully saturated rings. The molecule has 2 unspecified atom stereocenters. The third-order valence-corrected chi connectivity index (χ3v) is 3.22. The van der Waals surface area contributed by atoms with E-state index in [1.54, 1.807) is 0 Å². The highest BCUT2D eigenvalue weighted by molar-refractivity contribution is 5.44.